The van der Waals surface area contributed by atoms with Crippen LogP contribution in [-0.2, 0) is 16.1 Å². The first-order valence-corrected chi connectivity index (χ1v) is 8.77. The Morgan fingerprint density at radius 1 is 1.04 bits per heavy atom. The summed E-state index contributed by atoms with van der Waals surface area (Å²) in [5.74, 6) is 0.725. The van der Waals surface area contributed by atoms with Gasteiger partial charge in [-0.2, -0.15) is 0 Å². The molecule has 0 aliphatic carbocycles. The van der Waals surface area contributed by atoms with Crippen molar-refractivity contribution in [3.63, 3.8) is 0 Å². The van der Waals surface area contributed by atoms with Crippen LogP contribution in [-0.4, -0.2) is 25.3 Å². The van der Waals surface area contributed by atoms with E-state index in [1.165, 1.54) is 0 Å². The van der Waals surface area contributed by atoms with Gasteiger partial charge in [-0.05, 0) is 50.6 Å². The number of nitrogens with one attached hydrogen (secondary N) is 2. The summed E-state index contributed by atoms with van der Waals surface area (Å²) < 4.78 is 16.3. The molecule has 0 amide bonds. The molecule has 140 valence electrons. The van der Waals surface area contributed by atoms with Gasteiger partial charge in [0.05, 0.1) is 13.2 Å². The number of para-hydroxylation sites is 1. The summed E-state index contributed by atoms with van der Waals surface area (Å²) in [5, 5.41) is 0. The van der Waals surface area contributed by atoms with Crippen LogP contribution in [0.5, 0.6) is 11.5 Å². The van der Waals surface area contributed by atoms with Crippen LogP contribution in [0.1, 0.15) is 26.3 Å². The first-order valence-electron chi connectivity index (χ1n) is 8.77. The van der Waals surface area contributed by atoms with Gasteiger partial charge < -0.3 is 19.6 Å². The number of hydrazine groups is 1. The second kappa shape index (κ2) is 10.3. The minimum atomic E-state index is -0.696. The highest BCUT2D eigenvalue weighted by Gasteiger charge is 2.18. The van der Waals surface area contributed by atoms with Crippen LogP contribution >= 0.6 is 0 Å². The van der Waals surface area contributed by atoms with E-state index < -0.39 is 12.1 Å². The second-order valence-corrected chi connectivity index (χ2v) is 5.57. The van der Waals surface area contributed by atoms with Gasteiger partial charge in [-0.1, -0.05) is 24.3 Å². The predicted molar refractivity (Wildman–Crippen MR) is 101 cm³/mol. The van der Waals surface area contributed by atoms with Gasteiger partial charge in [-0.25, -0.2) is 10.2 Å². The monoisotopic (exact) mass is 358 g/mol. The van der Waals surface area contributed by atoms with Gasteiger partial charge in [-0.3, -0.25) is 0 Å². The molecule has 0 radical (unpaired) electrons. The van der Waals surface area contributed by atoms with Gasteiger partial charge in [0.1, 0.15) is 0 Å². The minimum Gasteiger partial charge on any atom is -0.490 e. The van der Waals surface area contributed by atoms with Crippen molar-refractivity contribution in [1.29, 1.82) is 0 Å². The number of hydrogen-bond acceptors (Lipinski definition) is 6. The van der Waals surface area contributed by atoms with Crippen LogP contribution in [0.2, 0.25) is 0 Å². The molecule has 0 bridgehead atoms. The van der Waals surface area contributed by atoms with Gasteiger partial charge in [-0.15, -0.1) is 0 Å². The molecule has 2 aromatic rings. The first-order chi connectivity index (χ1) is 12.6. The fraction of sp³-hybridized carbons (Fsp3) is 0.350. The van der Waals surface area contributed by atoms with E-state index in [-0.39, 0.29) is 0 Å². The Balaban J connectivity index is 1.99. The standard InChI is InChI=1S/C20H26N2O4/c1-4-24-19-13-16(14-21-22-17-9-7-6-8-10-17)11-12-18(19)26-15(3)20(23)25-5-2/h6-13,15,21-22H,4-5,14H2,1-3H3. The zero-order valence-electron chi connectivity index (χ0n) is 15.5. The highest BCUT2D eigenvalue weighted by atomic mass is 16.6. The summed E-state index contributed by atoms with van der Waals surface area (Å²) in [4.78, 5) is 11.8. The van der Waals surface area contributed by atoms with Crippen molar-refractivity contribution < 1.29 is 19.0 Å². The SMILES string of the molecule is CCOC(=O)C(C)Oc1ccc(CNNc2ccccc2)cc1OCC. The average molecular weight is 358 g/mol. The van der Waals surface area contributed by atoms with E-state index in [1.807, 2.05) is 49.4 Å². The zero-order chi connectivity index (χ0) is 18.8. The van der Waals surface area contributed by atoms with E-state index in [0.717, 1.165) is 11.3 Å². The normalized spacial score (nSPS) is 11.5. The molecule has 0 aliphatic rings. The lowest BCUT2D eigenvalue weighted by Crippen LogP contribution is -2.26. The van der Waals surface area contributed by atoms with Crippen LogP contribution in [0.15, 0.2) is 48.5 Å². The Morgan fingerprint density at radius 2 is 1.81 bits per heavy atom. The van der Waals surface area contributed by atoms with Crippen molar-refractivity contribution in [3.8, 4) is 11.5 Å². The Hall–Kier alpha value is -2.73. The number of anilines is 1. The Labute approximate surface area is 154 Å². The van der Waals surface area contributed by atoms with E-state index in [0.29, 0.717) is 31.3 Å². The average Bonchev–Trinajstić information content (AvgIpc) is 2.65. The molecule has 0 fully saturated rings. The fourth-order valence-corrected chi connectivity index (χ4v) is 2.30. The molecule has 0 aliphatic heterocycles. The number of carbonyl (C=O) groups is 1. The van der Waals surface area contributed by atoms with Crippen molar-refractivity contribution >= 4 is 11.7 Å². The molecule has 0 aromatic heterocycles. The summed E-state index contributed by atoms with van der Waals surface area (Å²) in [6, 6.07) is 15.5. The van der Waals surface area contributed by atoms with Crippen molar-refractivity contribution in [2.75, 3.05) is 18.6 Å². The van der Waals surface area contributed by atoms with Gasteiger partial charge >= 0.3 is 5.97 Å². The predicted octanol–water partition coefficient (Wildman–Crippen LogP) is 3.53. The summed E-state index contributed by atoms with van der Waals surface area (Å²) in [6.07, 6.45) is -0.696. The largest absolute Gasteiger partial charge is 0.490 e. The molecule has 1 unspecified atom stereocenters. The fourth-order valence-electron chi connectivity index (χ4n) is 2.30. The maximum Gasteiger partial charge on any atom is 0.347 e. The summed E-state index contributed by atoms with van der Waals surface area (Å²) in [7, 11) is 0. The lowest BCUT2D eigenvalue weighted by Gasteiger charge is -2.17. The molecule has 2 rings (SSSR count). The number of ether oxygens (including phenoxy) is 3. The summed E-state index contributed by atoms with van der Waals surface area (Å²) >= 11 is 0. The van der Waals surface area contributed by atoms with Crippen LogP contribution in [0.3, 0.4) is 0 Å². The maximum atomic E-state index is 11.8. The molecule has 1 atom stereocenters. The van der Waals surface area contributed by atoms with E-state index in [4.69, 9.17) is 14.2 Å². The number of carbonyl (C=O) groups excluding carboxylic acids is 1. The summed E-state index contributed by atoms with van der Waals surface area (Å²) in [6.45, 7) is 6.75. The van der Waals surface area contributed by atoms with Crippen LogP contribution in [0.4, 0.5) is 5.69 Å². The zero-order valence-corrected chi connectivity index (χ0v) is 15.5. The molecule has 2 N–H and O–H groups in total. The van der Waals surface area contributed by atoms with Gasteiger partial charge in [0.25, 0.3) is 0 Å². The van der Waals surface area contributed by atoms with Crippen molar-refractivity contribution in [2.45, 2.75) is 33.4 Å². The van der Waals surface area contributed by atoms with E-state index in [1.54, 1.807) is 19.9 Å². The summed E-state index contributed by atoms with van der Waals surface area (Å²) in [5.41, 5.74) is 8.31. The molecule has 26 heavy (non-hydrogen) atoms. The van der Waals surface area contributed by atoms with Crippen molar-refractivity contribution in [2.24, 2.45) is 0 Å². The molecule has 0 saturated carbocycles. The minimum absolute atomic E-state index is 0.323. The molecule has 2 aromatic carbocycles. The quantitative estimate of drug-likeness (QED) is 0.500. The number of esters is 1. The lowest BCUT2D eigenvalue weighted by atomic mass is 10.2. The third-order valence-electron chi connectivity index (χ3n) is 3.53. The molecule has 6 heteroatoms. The number of rotatable bonds is 10. The topological polar surface area (TPSA) is 68.8 Å². The van der Waals surface area contributed by atoms with Crippen LogP contribution in [0.25, 0.3) is 0 Å². The molecule has 0 spiro atoms. The van der Waals surface area contributed by atoms with Crippen LogP contribution < -0.4 is 20.3 Å². The van der Waals surface area contributed by atoms with Gasteiger partial charge in [0.15, 0.2) is 17.6 Å². The number of hydrogen-bond donors (Lipinski definition) is 2. The molecular weight excluding hydrogens is 332 g/mol. The Bertz CT molecular complexity index is 691. The second-order valence-electron chi connectivity index (χ2n) is 5.57. The third kappa shape index (κ3) is 5.97. The smallest absolute Gasteiger partial charge is 0.347 e. The lowest BCUT2D eigenvalue weighted by molar-refractivity contribution is -0.150. The van der Waals surface area contributed by atoms with Gasteiger partial charge in [0.2, 0.25) is 0 Å². The van der Waals surface area contributed by atoms with Gasteiger partial charge in [0, 0.05) is 12.2 Å². The van der Waals surface area contributed by atoms with Crippen molar-refractivity contribution in [1.82, 2.24) is 5.43 Å². The van der Waals surface area contributed by atoms with Crippen LogP contribution in [0, 0.1) is 0 Å². The molecule has 6 nitrogen and oxygen atoms in total. The first kappa shape index (κ1) is 19.6. The molecular formula is C20H26N2O4. The molecule has 0 saturated heterocycles. The third-order valence-corrected chi connectivity index (χ3v) is 3.53. The Morgan fingerprint density at radius 3 is 2.50 bits per heavy atom. The molecule has 0 heterocycles. The van der Waals surface area contributed by atoms with E-state index in [9.17, 15) is 4.79 Å². The number of benzene rings is 2. The maximum absolute atomic E-state index is 11.8. The highest BCUT2D eigenvalue weighted by molar-refractivity contribution is 5.74. The van der Waals surface area contributed by atoms with Crippen molar-refractivity contribution in [3.05, 3.63) is 54.1 Å². The Kier molecular flexibility index (Phi) is 7.76. The van der Waals surface area contributed by atoms with E-state index in [2.05, 4.69) is 10.9 Å². The van der Waals surface area contributed by atoms with E-state index >= 15 is 0 Å². The highest BCUT2D eigenvalue weighted by Crippen LogP contribution is 2.29.